The Labute approximate surface area is 191 Å². The Bertz CT molecular complexity index is 1250. The van der Waals surface area contributed by atoms with Crippen LogP contribution in [0.3, 0.4) is 0 Å². The standard InChI is InChI=1S/C24H23FN2O5S/c1-33(29,30)27(21-7-3-2-6-20(21)25)15-17-10-12-18(13-11-17)24(28)26-14-19-16-31-22-8-4-5-9-23(22)32-19/h2-13,19H,14-16H2,1H3,(H,26,28)/t19-/m1/s1. The largest absolute Gasteiger partial charge is 0.486 e. The second kappa shape index (κ2) is 9.50. The number of anilines is 1. The van der Waals surface area contributed by atoms with Crippen LogP contribution in [-0.2, 0) is 16.6 Å². The van der Waals surface area contributed by atoms with Crippen LogP contribution in [0.4, 0.5) is 10.1 Å². The maximum absolute atomic E-state index is 14.2. The lowest BCUT2D eigenvalue weighted by atomic mass is 10.1. The summed E-state index contributed by atoms with van der Waals surface area (Å²) in [5.41, 5.74) is 0.992. The monoisotopic (exact) mass is 470 g/mol. The normalized spacial score (nSPS) is 15.0. The van der Waals surface area contributed by atoms with Crippen molar-refractivity contribution < 1.29 is 27.1 Å². The van der Waals surface area contributed by atoms with E-state index in [2.05, 4.69) is 5.32 Å². The summed E-state index contributed by atoms with van der Waals surface area (Å²) < 4.78 is 51.2. The first-order valence-electron chi connectivity index (χ1n) is 10.3. The summed E-state index contributed by atoms with van der Waals surface area (Å²) >= 11 is 0. The second-order valence-electron chi connectivity index (χ2n) is 7.63. The zero-order valence-electron chi connectivity index (χ0n) is 17.9. The topological polar surface area (TPSA) is 84.9 Å². The highest BCUT2D eigenvalue weighted by molar-refractivity contribution is 7.92. The quantitative estimate of drug-likeness (QED) is 0.573. The van der Waals surface area contributed by atoms with Gasteiger partial charge in [0.25, 0.3) is 5.91 Å². The maximum atomic E-state index is 14.2. The Kier molecular flexibility index (Phi) is 6.50. The number of para-hydroxylation sites is 3. The Morgan fingerprint density at radius 2 is 1.70 bits per heavy atom. The lowest BCUT2D eigenvalue weighted by Crippen LogP contribution is -2.40. The third-order valence-corrected chi connectivity index (χ3v) is 6.25. The smallest absolute Gasteiger partial charge is 0.251 e. The molecule has 1 heterocycles. The summed E-state index contributed by atoms with van der Waals surface area (Å²) in [5, 5.41) is 2.82. The predicted molar refractivity (Wildman–Crippen MR) is 123 cm³/mol. The minimum atomic E-state index is -3.72. The van der Waals surface area contributed by atoms with E-state index in [1.807, 2.05) is 24.3 Å². The minimum absolute atomic E-state index is 0.0295. The SMILES string of the molecule is CS(=O)(=O)N(Cc1ccc(C(=O)NC[C@@H]2COc3ccccc3O2)cc1)c1ccccc1F. The van der Waals surface area contributed by atoms with Crippen molar-refractivity contribution in [2.45, 2.75) is 12.6 Å². The van der Waals surface area contributed by atoms with E-state index in [9.17, 15) is 17.6 Å². The van der Waals surface area contributed by atoms with Crippen LogP contribution in [0.5, 0.6) is 11.5 Å². The predicted octanol–water partition coefficient (Wildman–Crippen LogP) is 3.36. The molecule has 3 aromatic carbocycles. The van der Waals surface area contributed by atoms with Gasteiger partial charge in [0.05, 0.1) is 25.0 Å². The molecule has 0 bridgehead atoms. The molecule has 1 aliphatic rings. The van der Waals surface area contributed by atoms with Gasteiger partial charge in [-0.15, -0.1) is 0 Å². The number of benzene rings is 3. The molecule has 7 nitrogen and oxygen atoms in total. The number of sulfonamides is 1. The number of ether oxygens (including phenoxy) is 2. The van der Waals surface area contributed by atoms with Gasteiger partial charge in [0.2, 0.25) is 10.0 Å². The van der Waals surface area contributed by atoms with Gasteiger partial charge in [-0.3, -0.25) is 9.10 Å². The molecule has 1 N–H and O–H groups in total. The van der Waals surface area contributed by atoms with Gasteiger partial charge in [0.15, 0.2) is 11.5 Å². The Balaban J connectivity index is 1.38. The van der Waals surface area contributed by atoms with Gasteiger partial charge in [-0.25, -0.2) is 12.8 Å². The number of nitrogens with zero attached hydrogens (tertiary/aromatic N) is 1. The number of rotatable bonds is 7. The van der Waals surface area contributed by atoms with E-state index in [-0.39, 0.29) is 30.8 Å². The number of amides is 1. The lowest BCUT2D eigenvalue weighted by molar-refractivity contribution is 0.0789. The van der Waals surface area contributed by atoms with E-state index >= 15 is 0 Å². The van der Waals surface area contributed by atoms with Crippen molar-refractivity contribution >= 4 is 21.6 Å². The van der Waals surface area contributed by atoms with E-state index in [4.69, 9.17) is 9.47 Å². The van der Waals surface area contributed by atoms with E-state index in [0.29, 0.717) is 29.2 Å². The first-order valence-corrected chi connectivity index (χ1v) is 12.1. The van der Waals surface area contributed by atoms with Crippen molar-refractivity contribution in [2.75, 3.05) is 23.7 Å². The van der Waals surface area contributed by atoms with Gasteiger partial charge >= 0.3 is 0 Å². The summed E-state index contributed by atoms with van der Waals surface area (Å²) in [6.45, 7) is 0.534. The van der Waals surface area contributed by atoms with Crippen LogP contribution in [0.2, 0.25) is 0 Å². The average Bonchev–Trinajstić information content (AvgIpc) is 2.81. The molecule has 0 unspecified atom stereocenters. The van der Waals surface area contributed by atoms with Crippen molar-refractivity contribution in [1.82, 2.24) is 5.32 Å². The maximum Gasteiger partial charge on any atom is 0.251 e. The molecule has 172 valence electrons. The van der Waals surface area contributed by atoms with Crippen LogP contribution in [0, 0.1) is 5.82 Å². The first-order chi connectivity index (χ1) is 15.8. The summed E-state index contributed by atoms with van der Waals surface area (Å²) in [6.07, 6.45) is 0.712. The van der Waals surface area contributed by atoms with Crippen molar-refractivity contribution in [2.24, 2.45) is 0 Å². The molecule has 0 saturated carbocycles. The van der Waals surface area contributed by atoms with Crippen molar-refractivity contribution in [1.29, 1.82) is 0 Å². The lowest BCUT2D eigenvalue weighted by Gasteiger charge is -2.26. The summed E-state index contributed by atoms with van der Waals surface area (Å²) in [5.74, 6) is 0.389. The summed E-state index contributed by atoms with van der Waals surface area (Å²) in [6, 6.07) is 19.5. The number of halogens is 1. The van der Waals surface area contributed by atoms with Crippen LogP contribution in [0.25, 0.3) is 0 Å². The van der Waals surface area contributed by atoms with Crippen LogP contribution >= 0.6 is 0 Å². The molecule has 0 saturated heterocycles. The molecular weight excluding hydrogens is 447 g/mol. The second-order valence-corrected chi connectivity index (χ2v) is 9.53. The van der Waals surface area contributed by atoms with Gasteiger partial charge in [-0.05, 0) is 42.0 Å². The fourth-order valence-electron chi connectivity index (χ4n) is 3.43. The van der Waals surface area contributed by atoms with E-state index in [1.165, 1.54) is 18.2 Å². The number of hydrogen-bond acceptors (Lipinski definition) is 5. The van der Waals surface area contributed by atoms with Crippen LogP contribution in [0.1, 0.15) is 15.9 Å². The molecule has 0 spiro atoms. The van der Waals surface area contributed by atoms with Crippen molar-refractivity contribution in [3.63, 3.8) is 0 Å². The number of carbonyl (C=O) groups excluding carboxylic acids is 1. The molecule has 33 heavy (non-hydrogen) atoms. The third kappa shape index (κ3) is 5.43. The number of fused-ring (bicyclic) bond motifs is 1. The average molecular weight is 471 g/mol. The van der Waals surface area contributed by atoms with Gasteiger partial charge in [-0.2, -0.15) is 0 Å². The third-order valence-electron chi connectivity index (χ3n) is 5.12. The molecule has 0 aliphatic carbocycles. The van der Waals surface area contributed by atoms with E-state index in [1.54, 1.807) is 30.3 Å². The van der Waals surface area contributed by atoms with Gasteiger partial charge in [0, 0.05) is 5.56 Å². The summed E-state index contributed by atoms with van der Waals surface area (Å²) in [4.78, 5) is 12.5. The minimum Gasteiger partial charge on any atom is -0.486 e. The highest BCUT2D eigenvalue weighted by atomic mass is 32.2. The zero-order valence-corrected chi connectivity index (χ0v) is 18.7. The highest BCUT2D eigenvalue weighted by Crippen LogP contribution is 2.30. The molecule has 0 radical (unpaired) electrons. The summed E-state index contributed by atoms with van der Waals surface area (Å²) in [7, 11) is -3.72. The van der Waals surface area contributed by atoms with Gasteiger partial charge < -0.3 is 14.8 Å². The highest BCUT2D eigenvalue weighted by Gasteiger charge is 2.22. The number of carbonyl (C=O) groups is 1. The van der Waals surface area contributed by atoms with E-state index < -0.39 is 15.8 Å². The molecular formula is C24H23FN2O5S. The molecule has 0 aromatic heterocycles. The van der Waals surface area contributed by atoms with Crippen LogP contribution < -0.4 is 19.1 Å². The number of nitrogens with one attached hydrogen (secondary N) is 1. The molecule has 3 aromatic rings. The molecule has 1 atom stereocenters. The van der Waals surface area contributed by atoms with Gasteiger partial charge in [0.1, 0.15) is 18.5 Å². The molecule has 4 rings (SSSR count). The number of hydrogen-bond donors (Lipinski definition) is 1. The van der Waals surface area contributed by atoms with Crippen LogP contribution in [0.15, 0.2) is 72.8 Å². The Hall–Kier alpha value is -3.59. The van der Waals surface area contributed by atoms with E-state index in [0.717, 1.165) is 10.6 Å². The molecule has 9 heteroatoms. The van der Waals surface area contributed by atoms with Gasteiger partial charge in [-0.1, -0.05) is 36.4 Å². The van der Waals surface area contributed by atoms with Crippen molar-refractivity contribution in [3.05, 3.63) is 89.7 Å². The van der Waals surface area contributed by atoms with Crippen molar-refractivity contribution in [3.8, 4) is 11.5 Å². The fourth-order valence-corrected chi connectivity index (χ4v) is 4.32. The first kappa shape index (κ1) is 22.6. The zero-order chi connectivity index (χ0) is 23.4. The fraction of sp³-hybridized carbons (Fsp3) is 0.208. The molecule has 1 aliphatic heterocycles. The Morgan fingerprint density at radius 1 is 1.03 bits per heavy atom. The molecule has 0 fully saturated rings. The molecule has 1 amide bonds. The van der Waals surface area contributed by atoms with Crippen LogP contribution in [-0.4, -0.2) is 39.8 Å². The Morgan fingerprint density at radius 3 is 2.39 bits per heavy atom.